The highest BCUT2D eigenvalue weighted by Gasteiger charge is 2.30. The van der Waals surface area contributed by atoms with E-state index in [0.717, 1.165) is 34.4 Å². The van der Waals surface area contributed by atoms with Gasteiger partial charge < -0.3 is 9.88 Å². The van der Waals surface area contributed by atoms with Crippen molar-refractivity contribution in [3.8, 4) is 0 Å². The molecule has 134 valence electrons. The SMILES string of the molecule is CC1(n2cnc3cnc(NCc4ccncc4)nc32)C=Cc2cn[nH]c2C1. The molecule has 4 aromatic heterocycles. The zero-order chi connectivity index (χ0) is 18.3. The zero-order valence-corrected chi connectivity index (χ0v) is 14.8. The number of fused-ring (bicyclic) bond motifs is 2. The van der Waals surface area contributed by atoms with Crippen LogP contribution in [0.25, 0.3) is 17.2 Å². The lowest BCUT2D eigenvalue weighted by Crippen LogP contribution is -2.32. The van der Waals surface area contributed by atoms with Crippen LogP contribution in [0.5, 0.6) is 0 Å². The van der Waals surface area contributed by atoms with Crippen molar-refractivity contribution in [2.24, 2.45) is 0 Å². The number of anilines is 1. The first-order valence-corrected chi connectivity index (χ1v) is 8.76. The Morgan fingerprint density at radius 2 is 2.11 bits per heavy atom. The molecule has 1 unspecified atom stereocenters. The highest BCUT2D eigenvalue weighted by Crippen LogP contribution is 2.32. The summed E-state index contributed by atoms with van der Waals surface area (Å²) in [6, 6.07) is 3.93. The molecule has 0 saturated heterocycles. The average Bonchev–Trinajstić information content (AvgIpc) is 3.33. The third-order valence-electron chi connectivity index (χ3n) is 4.95. The predicted octanol–water partition coefficient (Wildman–Crippen LogP) is 2.54. The van der Waals surface area contributed by atoms with Gasteiger partial charge in [0.25, 0.3) is 0 Å². The highest BCUT2D eigenvalue weighted by molar-refractivity contribution is 5.72. The number of hydrogen-bond acceptors (Lipinski definition) is 6. The second-order valence-corrected chi connectivity index (χ2v) is 6.90. The molecular formula is C19H18N8. The molecule has 27 heavy (non-hydrogen) atoms. The number of H-pyrrole nitrogens is 1. The maximum atomic E-state index is 4.72. The van der Waals surface area contributed by atoms with Crippen molar-refractivity contribution in [3.05, 3.63) is 66.1 Å². The Balaban J connectivity index is 1.47. The molecule has 0 saturated carbocycles. The fourth-order valence-corrected chi connectivity index (χ4v) is 3.41. The Hall–Kier alpha value is -3.55. The molecule has 4 aromatic rings. The number of nitrogens with zero attached hydrogens (tertiary/aromatic N) is 6. The summed E-state index contributed by atoms with van der Waals surface area (Å²) in [4.78, 5) is 17.6. The van der Waals surface area contributed by atoms with E-state index in [1.54, 1.807) is 18.6 Å². The number of pyridine rings is 1. The first-order chi connectivity index (χ1) is 13.2. The van der Waals surface area contributed by atoms with E-state index < -0.39 is 0 Å². The molecule has 4 heterocycles. The lowest BCUT2D eigenvalue weighted by molar-refractivity contribution is 0.409. The van der Waals surface area contributed by atoms with Crippen molar-refractivity contribution in [1.29, 1.82) is 0 Å². The number of aromatic nitrogens is 7. The van der Waals surface area contributed by atoms with Gasteiger partial charge in [-0.2, -0.15) is 10.1 Å². The van der Waals surface area contributed by atoms with Crippen LogP contribution in [0.3, 0.4) is 0 Å². The maximum Gasteiger partial charge on any atom is 0.225 e. The fraction of sp³-hybridized carbons (Fsp3) is 0.211. The molecule has 0 radical (unpaired) electrons. The summed E-state index contributed by atoms with van der Waals surface area (Å²) in [7, 11) is 0. The first-order valence-electron chi connectivity index (χ1n) is 8.76. The van der Waals surface area contributed by atoms with Gasteiger partial charge in [-0.05, 0) is 24.6 Å². The smallest absolute Gasteiger partial charge is 0.225 e. The van der Waals surface area contributed by atoms with E-state index in [9.17, 15) is 0 Å². The summed E-state index contributed by atoms with van der Waals surface area (Å²) in [6.45, 7) is 2.80. The van der Waals surface area contributed by atoms with Crippen LogP contribution in [-0.2, 0) is 18.5 Å². The molecule has 0 fully saturated rings. The molecule has 8 nitrogen and oxygen atoms in total. The van der Waals surface area contributed by atoms with E-state index in [0.29, 0.717) is 12.5 Å². The quantitative estimate of drug-likeness (QED) is 0.582. The standard InChI is InChI=1S/C19H18N8/c1-19(5-2-14-10-24-26-15(14)8-19)27-12-23-16-11-22-18(25-17(16)27)21-9-13-3-6-20-7-4-13/h2-7,10-12H,8-9H2,1H3,(H,24,26)(H,21,22,25). The third kappa shape index (κ3) is 2.75. The number of allylic oxidation sites excluding steroid dienone is 1. The minimum atomic E-state index is -0.273. The van der Waals surface area contributed by atoms with Crippen LogP contribution in [0, 0.1) is 0 Å². The molecule has 0 aliphatic heterocycles. The third-order valence-corrected chi connectivity index (χ3v) is 4.95. The Bertz CT molecular complexity index is 1130. The van der Waals surface area contributed by atoms with E-state index in [4.69, 9.17) is 4.98 Å². The molecule has 0 aromatic carbocycles. The van der Waals surface area contributed by atoms with Gasteiger partial charge in [0.05, 0.1) is 24.3 Å². The lowest BCUT2D eigenvalue weighted by atomic mass is 9.88. The molecule has 0 spiro atoms. The zero-order valence-electron chi connectivity index (χ0n) is 14.8. The van der Waals surface area contributed by atoms with E-state index in [-0.39, 0.29) is 5.54 Å². The van der Waals surface area contributed by atoms with Crippen LogP contribution < -0.4 is 5.32 Å². The minimum Gasteiger partial charge on any atom is -0.350 e. The number of aromatic amines is 1. The fourth-order valence-electron chi connectivity index (χ4n) is 3.41. The summed E-state index contributed by atoms with van der Waals surface area (Å²) in [5.74, 6) is 0.576. The Kier molecular flexibility index (Phi) is 3.49. The van der Waals surface area contributed by atoms with Crippen molar-refractivity contribution in [3.63, 3.8) is 0 Å². The largest absolute Gasteiger partial charge is 0.350 e. The summed E-state index contributed by atoms with van der Waals surface area (Å²) < 4.78 is 2.10. The van der Waals surface area contributed by atoms with Crippen LogP contribution in [0.2, 0.25) is 0 Å². The topological polar surface area (TPSA) is 97.2 Å². The number of hydrogen-bond donors (Lipinski definition) is 2. The van der Waals surface area contributed by atoms with Gasteiger partial charge in [0, 0.05) is 36.6 Å². The molecule has 2 N–H and O–H groups in total. The summed E-state index contributed by atoms with van der Waals surface area (Å²) in [5, 5.41) is 10.5. The Morgan fingerprint density at radius 3 is 3.00 bits per heavy atom. The van der Waals surface area contributed by atoms with Gasteiger partial charge in [0.1, 0.15) is 5.52 Å². The normalized spacial score (nSPS) is 18.6. The molecular weight excluding hydrogens is 340 g/mol. The van der Waals surface area contributed by atoms with Crippen molar-refractivity contribution in [2.75, 3.05) is 5.32 Å². The van der Waals surface area contributed by atoms with E-state index >= 15 is 0 Å². The van der Waals surface area contributed by atoms with Gasteiger partial charge in [-0.15, -0.1) is 0 Å². The van der Waals surface area contributed by atoms with Crippen molar-refractivity contribution < 1.29 is 0 Å². The highest BCUT2D eigenvalue weighted by atomic mass is 15.2. The van der Waals surface area contributed by atoms with Crippen LogP contribution in [0.4, 0.5) is 5.95 Å². The first kappa shape index (κ1) is 15.7. The van der Waals surface area contributed by atoms with Crippen molar-refractivity contribution >= 4 is 23.2 Å². The van der Waals surface area contributed by atoms with Crippen LogP contribution in [0.1, 0.15) is 23.7 Å². The van der Waals surface area contributed by atoms with Gasteiger partial charge in [-0.3, -0.25) is 10.1 Å². The van der Waals surface area contributed by atoms with E-state index in [1.165, 1.54) is 0 Å². The summed E-state index contributed by atoms with van der Waals surface area (Å²) >= 11 is 0. The molecule has 1 aliphatic carbocycles. The molecule has 5 rings (SSSR count). The van der Waals surface area contributed by atoms with Crippen molar-refractivity contribution in [2.45, 2.75) is 25.4 Å². The summed E-state index contributed by atoms with van der Waals surface area (Å²) in [5.41, 5.74) is 4.67. The lowest BCUT2D eigenvalue weighted by Gasteiger charge is -2.30. The molecule has 0 bridgehead atoms. The van der Waals surface area contributed by atoms with Gasteiger partial charge in [0.15, 0.2) is 5.65 Å². The second-order valence-electron chi connectivity index (χ2n) is 6.90. The number of imidazole rings is 1. The van der Waals surface area contributed by atoms with Gasteiger partial charge in [0.2, 0.25) is 5.95 Å². The van der Waals surface area contributed by atoms with Crippen molar-refractivity contribution in [1.82, 2.24) is 34.7 Å². The number of rotatable bonds is 4. The summed E-state index contributed by atoms with van der Waals surface area (Å²) in [6.07, 6.45) is 14.1. The van der Waals surface area contributed by atoms with Gasteiger partial charge in [-0.25, -0.2) is 9.97 Å². The average molecular weight is 358 g/mol. The second kappa shape index (κ2) is 6.01. The monoisotopic (exact) mass is 358 g/mol. The molecule has 1 aliphatic rings. The van der Waals surface area contributed by atoms with E-state index in [2.05, 4.69) is 54.1 Å². The van der Waals surface area contributed by atoms with E-state index in [1.807, 2.05) is 24.7 Å². The Labute approximate surface area is 155 Å². The molecule has 1 atom stereocenters. The van der Waals surface area contributed by atoms with Crippen LogP contribution >= 0.6 is 0 Å². The molecule has 8 heteroatoms. The molecule has 0 amide bonds. The Morgan fingerprint density at radius 1 is 1.22 bits per heavy atom. The number of nitrogens with one attached hydrogen (secondary N) is 2. The maximum absolute atomic E-state index is 4.72. The van der Waals surface area contributed by atoms with Gasteiger partial charge >= 0.3 is 0 Å². The van der Waals surface area contributed by atoms with Gasteiger partial charge in [-0.1, -0.05) is 12.2 Å². The predicted molar refractivity (Wildman–Crippen MR) is 102 cm³/mol. The van der Waals surface area contributed by atoms with Crippen LogP contribution in [-0.4, -0.2) is 34.7 Å². The van der Waals surface area contributed by atoms with Crippen LogP contribution in [0.15, 0.2) is 49.3 Å². The minimum absolute atomic E-state index is 0.273.